The number of carbonyl (C=O) groups excluding carboxylic acids is 3. The summed E-state index contributed by atoms with van der Waals surface area (Å²) in [6, 6.07) is 32.3. The van der Waals surface area contributed by atoms with E-state index >= 15 is 4.11 Å². The molecule has 12 heteroatoms. The first kappa shape index (κ1) is 37.8. The van der Waals surface area contributed by atoms with Crippen LogP contribution in [0.3, 0.4) is 0 Å². The number of amides is 3. The maximum atomic E-state index is 16.5. The second-order valence-corrected chi connectivity index (χ2v) is 19.6. The number of hydrogen-bond donors (Lipinski definition) is 1. The largest absolute Gasteiger partial charge is 0.395 e. The molecule has 3 heterocycles. The van der Waals surface area contributed by atoms with Gasteiger partial charge in [0.2, 0.25) is 20.2 Å². The molecule has 1 fully saturated rings. The summed E-state index contributed by atoms with van der Waals surface area (Å²) in [6.45, 7) is 5.45. The number of halogens is 2. The summed E-state index contributed by atoms with van der Waals surface area (Å²) in [6.07, 6.45) is -0.118. The van der Waals surface area contributed by atoms with Crippen molar-refractivity contribution >= 4 is 59.1 Å². The van der Waals surface area contributed by atoms with Crippen molar-refractivity contribution in [2.24, 2.45) is 11.0 Å². The Morgan fingerprint density at radius 1 is 0.981 bits per heavy atom. The molecule has 0 aliphatic carbocycles. The summed E-state index contributed by atoms with van der Waals surface area (Å²) in [5.74, 6) is -1.29. The second kappa shape index (κ2) is 15.3. The van der Waals surface area contributed by atoms with Crippen LogP contribution < -0.4 is 9.91 Å². The summed E-state index contributed by atoms with van der Waals surface area (Å²) in [5, 5.41) is 16.0. The lowest BCUT2D eigenvalue weighted by molar-refractivity contribution is -0.150. The van der Waals surface area contributed by atoms with Crippen LogP contribution in [0.1, 0.15) is 48.4 Å². The molecule has 9 nitrogen and oxygen atoms in total. The molecule has 3 amide bonds. The zero-order valence-corrected chi connectivity index (χ0v) is 33.2. The van der Waals surface area contributed by atoms with E-state index < -0.39 is 31.6 Å². The molecule has 4 aromatic rings. The molecule has 4 atom stereocenters. The van der Waals surface area contributed by atoms with E-state index in [9.17, 15) is 19.5 Å². The summed E-state index contributed by atoms with van der Waals surface area (Å²) >= 11 is 3.60. The minimum atomic E-state index is -3.54. The fraction of sp³-hybridized carbons (Fsp3) is 0.333. The first-order valence-electron chi connectivity index (χ1n) is 18.4. The zero-order valence-electron chi connectivity index (χ0n) is 30.6. The predicted molar refractivity (Wildman–Crippen MR) is 213 cm³/mol. The van der Waals surface area contributed by atoms with Crippen molar-refractivity contribution in [3.63, 3.8) is 0 Å². The van der Waals surface area contributed by atoms with Gasteiger partial charge in [0.1, 0.15) is 0 Å². The Bertz CT molecular complexity index is 2080. The molecule has 1 spiro atoms. The predicted octanol–water partition coefficient (Wildman–Crippen LogP) is 7.71. The molecule has 7 rings (SSSR count). The highest BCUT2D eigenvalue weighted by Crippen LogP contribution is 2.60. The van der Waals surface area contributed by atoms with Gasteiger partial charge in [0.05, 0.1) is 42.8 Å². The maximum absolute atomic E-state index is 16.5. The third-order valence-corrected chi connectivity index (χ3v) is 13.8. The number of ether oxygens (including phenoxy) is 1. The van der Waals surface area contributed by atoms with E-state index in [0.29, 0.717) is 29.8 Å². The van der Waals surface area contributed by atoms with Crippen LogP contribution in [0.4, 0.5) is 15.5 Å². The Balaban J connectivity index is 1.20. The number of hydrogen-bond acceptors (Lipinski definition) is 6. The summed E-state index contributed by atoms with van der Waals surface area (Å²) < 4.78 is 24.1. The van der Waals surface area contributed by atoms with E-state index in [2.05, 4.69) is 15.9 Å². The Kier molecular flexibility index (Phi) is 10.7. The van der Waals surface area contributed by atoms with Crippen LogP contribution in [0.2, 0.25) is 18.6 Å². The lowest BCUT2D eigenvalue weighted by Crippen LogP contribution is -2.45. The molecular weight excluding hydrogens is 767 g/mol. The molecule has 0 unspecified atom stereocenters. The van der Waals surface area contributed by atoms with Crippen LogP contribution in [0.25, 0.3) is 0 Å². The summed E-state index contributed by atoms with van der Waals surface area (Å²) in [5.41, 5.74) is 3.14. The van der Waals surface area contributed by atoms with E-state index in [4.69, 9.17) is 9.84 Å². The number of benzene rings is 4. The molecular formula is C42H44BrFN4O5Si. The number of carbonyl (C=O) groups is 3. The van der Waals surface area contributed by atoms with Crippen LogP contribution >= 0.6 is 15.9 Å². The molecule has 280 valence electrons. The Labute approximate surface area is 324 Å². The lowest BCUT2D eigenvalue weighted by Gasteiger charge is -2.31. The number of rotatable bonds is 11. The van der Waals surface area contributed by atoms with Gasteiger partial charge in [0.25, 0.3) is 5.91 Å². The van der Waals surface area contributed by atoms with Crippen molar-refractivity contribution in [3.05, 3.63) is 130 Å². The molecule has 0 saturated carbocycles. The molecule has 1 saturated heterocycles. The SMILES string of the molecule is C[C@@H]1[C@@H]([Si](C)(C)F)[C@H](CC(=O)N(CCO)Cc2ccccc2)O[C@@]12C(=O)N(Cc1cccc(N3N=C(c4ccccc4)CCC3=O)c1)c1ccc(Br)cc12. The van der Waals surface area contributed by atoms with E-state index in [1.165, 1.54) is 5.01 Å². The van der Waals surface area contributed by atoms with Crippen LogP contribution in [0.15, 0.2) is 113 Å². The smallest absolute Gasteiger partial charge is 0.264 e. The molecule has 4 aromatic carbocycles. The minimum absolute atomic E-state index is 0.114. The average molecular weight is 812 g/mol. The van der Waals surface area contributed by atoms with E-state index in [1.54, 1.807) is 22.9 Å². The Hall–Kier alpha value is -4.49. The van der Waals surface area contributed by atoms with Gasteiger partial charge in [-0.25, -0.2) is 5.01 Å². The van der Waals surface area contributed by atoms with Gasteiger partial charge >= 0.3 is 0 Å². The van der Waals surface area contributed by atoms with Gasteiger partial charge < -0.3 is 23.8 Å². The highest BCUT2D eigenvalue weighted by Gasteiger charge is 2.67. The maximum Gasteiger partial charge on any atom is 0.264 e. The molecule has 0 radical (unpaired) electrons. The number of aliphatic hydroxyl groups excluding tert-OH is 1. The Morgan fingerprint density at radius 3 is 2.39 bits per heavy atom. The minimum Gasteiger partial charge on any atom is -0.395 e. The fourth-order valence-corrected chi connectivity index (χ4v) is 11.3. The lowest BCUT2D eigenvalue weighted by atomic mass is 9.82. The van der Waals surface area contributed by atoms with Crippen molar-refractivity contribution in [2.75, 3.05) is 23.1 Å². The third-order valence-electron chi connectivity index (χ3n) is 10.9. The summed E-state index contributed by atoms with van der Waals surface area (Å²) in [7, 11) is -3.54. The van der Waals surface area contributed by atoms with Gasteiger partial charge in [-0.1, -0.05) is 95.7 Å². The van der Waals surface area contributed by atoms with Crippen molar-refractivity contribution in [1.29, 1.82) is 0 Å². The molecule has 3 aliphatic rings. The van der Waals surface area contributed by atoms with Crippen molar-refractivity contribution < 1.29 is 28.3 Å². The number of anilines is 2. The highest BCUT2D eigenvalue weighted by molar-refractivity contribution is 9.10. The van der Waals surface area contributed by atoms with Gasteiger partial charge in [-0.15, -0.1) is 0 Å². The van der Waals surface area contributed by atoms with Crippen molar-refractivity contribution in [3.8, 4) is 0 Å². The summed E-state index contributed by atoms with van der Waals surface area (Å²) in [4.78, 5) is 45.3. The second-order valence-electron chi connectivity index (χ2n) is 14.8. The fourth-order valence-electron chi connectivity index (χ4n) is 8.46. The topological polar surface area (TPSA) is 103 Å². The van der Waals surface area contributed by atoms with E-state index in [1.807, 2.05) is 110 Å². The molecule has 1 N–H and O–H groups in total. The zero-order chi connectivity index (χ0) is 38.2. The highest BCUT2D eigenvalue weighted by atomic mass is 79.9. The van der Waals surface area contributed by atoms with Crippen LogP contribution in [0, 0.1) is 5.92 Å². The van der Waals surface area contributed by atoms with Crippen LogP contribution in [-0.2, 0) is 37.8 Å². The number of fused-ring (bicyclic) bond motifs is 2. The monoisotopic (exact) mass is 810 g/mol. The third kappa shape index (κ3) is 7.19. The van der Waals surface area contributed by atoms with E-state index in [0.717, 1.165) is 26.9 Å². The standard InChI is InChI=1S/C42H44BrFN4O5Si/c1-28-40(54(2,3)44)37(25-39(51)46(21-22-49)26-29-11-6-4-7-12-29)53-42(28)34-24-32(43)17-19-36(34)47(41(42)52)27-30-13-10-16-33(23-30)48-38(50)20-18-35(45-48)31-14-8-5-9-15-31/h4-17,19,23-24,28,37,40,49H,18,20-22,25-27H2,1-3H3/t28-,37+,40-,42+/m1/s1. The van der Waals surface area contributed by atoms with Gasteiger partial charge in [0.15, 0.2) is 5.60 Å². The van der Waals surface area contributed by atoms with E-state index in [-0.39, 0.29) is 50.4 Å². The average Bonchev–Trinajstić information content (AvgIpc) is 3.58. The van der Waals surface area contributed by atoms with Crippen molar-refractivity contribution in [1.82, 2.24) is 4.90 Å². The van der Waals surface area contributed by atoms with Gasteiger partial charge in [0, 0.05) is 47.4 Å². The van der Waals surface area contributed by atoms with Gasteiger partial charge in [-0.05, 0) is 60.1 Å². The number of nitrogens with zero attached hydrogens (tertiary/aromatic N) is 4. The molecule has 3 aliphatic heterocycles. The number of hydrazone groups is 1. The first-order chi connectivity index (χ1) is 25.9. The molecule has 0 bridgehead atoms. The number of aliphatic hydroxyl groups is 1. The normalized spacial score (nSPS) is 22.5. The van der Waals surface area contributed by atoms with Gasteiger partial charge in [-0.2, -0.15) is 5.10 Å². The van der Waals surface area contributed by atoms with Gasteiger partial charge in [-0.3, -0.25) is 14.4 Å². The first-order valence-corrected chi connectivity index (χ1v) is 22.1. The van der Waals surface area contributed by atoms with Crippen LogP contribution in [-0.4, -0.2) is 61.1 Å². The van der Waals surface area contributed by atoms with Crippen LogP contribution in [0.5, 0.6) is 0 Å². The molecule has 0 aromatic heterocycles. The molecule has 54 heavy (non-hydrogen) atoms. The van der Waals surface area contributed by atoms with Crippen molar-refractivity contribution in [2.45, 2.75) is 69.6 Å². The Morgan fingerprint density at radius 2 is 1.69 bits per heavy atom. The quantitative estimate of drug-likeness (QED) is 0.124.